The Labute approximate surface area is 124 Å². The van der Waals surface area contributed by atoms with Gasteiger partial charge in [0.2, 0.25) is 0 Å². The van der Waals surface area contributed by atoms with E-state index in [4.69, 9.17) is 34.8 Å². The van der Waals surface area contributed by atoms with E-state index in [-0.39, 0.29) is 16.3 Å². The molecule has 0 heterocycles. The van der Waals surface area contributed by atoms with Crippen LogP contribution in [0.2, 0.25) is 15.1 Å². The fourth-order valence-electron chi connectivity index (χ4n) is 1.52. The molecule has 0 saturated heterocycles. The predicted octanol–water partition coefficient (Wildman–Crippen LogP) is 4.60. The van der Waals surface area contributed by atoms with Crippen molar-refractivity contribution < 1.29 is 9.90 Å². The minimum absolute atomic E-state index is 0.0728. The molecule has 0 aliphatic rings. The summed E-state index contributed by atoms with van der Waals surface area (Å²) in [5.74, 6) is -0.770. The Morgan fingerprint density at radius 1 is 1.05 bits per heavy atom. The monoisotopic (exact) mass is 315 g/mol. The standard InChI is InChI=1S/C13H8Cl3NO2/c14-7-4-8(15)6-9(5-7)17-13(19)10-2-1-3-11(16)12(10)18/h1-6,18H,(H,17,19). The molecule has 3 nitrogen and oxygen atoms in total. The van der Waals surface area contributed by atoms with Crippen LogP contribution in [0.5, 0.6) is 5.75 Å². The third-order valence-electron chi connectivity index (χ3n) is 2.35. The normalized spacial score (nSPS) is 10.3. The van der Waals surface area contributed by atoms with Crippen LogP contribution in [0.3, 0.4) is 0 Å². The van der Waals surface area contributed by atoms with E-state index >= 15 is 0 Å². The van der Waals surface area contributed by atoms with E-state index in [1.807, 2.05) is 0 Å². The smallest absolute Gasteiger partial charge is 0.259 e. The first kappa shape index (κ1) is 14.0. The number of hydrogen-bond acceptors (Lipinski definition) is 2. The summed E-state index contributed by atoms with van der Waals surface area (Å²) in [7, 11) is 0. The number of rotatable bonds is 2. The van der Waals surface area contributed by atoms with E-state index in [9.17, 15) is 9.90 Å². The highest BCUT2D eigenvalue weighted by molar-refractivity contribution is 6.35. The molecule has 0 aliphatic carbocycles. The molecule has 0 aliphatic heterocycles. The maximum Gasteiger partial charge on any atom is 0.259 e. The van der Waals surface area contributed by atoms with E-state index < -0.39 is 5.91 Å². The van der Waals surface area contributed by atoms with Crippen LogP contribution in [-0.4, -0.2) is 11.0 Å². The number of halogens is 3. The lowest BCUT2D eigenvalue weighted by atomic mass is 10.2. The number of carbonyl (C=O) groups is 1. The second-order valence-electron chi connectivity index (χ2n) is 3.75. The summed E-state index contributed by atoms with van der Waals surface area (Å²) < 4.78 is 0. The molecule has 0 bridgehead atoms. The van der Waals surface area contributed by atoms with Crippen LogP contribution in [0.25, 0.3) is 0 Å². The first-order valence-electron chi connectivity index (χ1n) is 5.22. The molecule has 6 heteroatoms. The largest absolute Gasteiger partial charge is 0.506 e. The molecular formula is C13H8Cl3NO2. The maximum atomic E-state index is 12.0. The summed E-state index contributed by atoms with van der Waals surface area (Å²) in [5, 5.41) is 13.2. The van der Waals surface area contributed by atoms with Gasteiger partial charge in [-0.3, -0.25) is 4.79 Å². The lowest BCUT2D eigenvalue weighted by Crippen LogP contribution is -2.12. The molecule has 0 fully saturated rings. The quantitative estimate of drug-likeness (QED) is 0.850. The van der Waals surface area contributed by atoms with Crippen molar-refractivity contribution in [3.05, 3.63) is 57.0 Å². The first-order chi connectivity index (χ1) is 8.97. The number of hydrogen-bond donors (Lipinski definition) is 2. The minimum Gasteiger partial charge on any atom is -0.506 e. The van der Waals surface area contributed by atoms with Crippen molar-refractivity contribution in [2.45, 2.75) is 0 Å². The molecule has 19 heavy (non-hydrogen) atoms. The molecule has 0 radical (unpaired) electrons. The first-order valence-corrected chi connectivity index (χ1v) is 6.35. The number of nitrogens with one attached hydrogen (secondary N) is 1. The van der Waals surface area contributed by atoms with Gasteiger partial charge in [0.25, 0.3) is 5.91 Å². The van der Waals surface area contributed by atoms with Crippen LogP contribution in [0, 0.1) is 0 Å². The molecular weight excluding hydrogens is 309 g/mol. The van der Waals surface area contributed by atoms with Crippen LogP contribution < -0.4 is 5.32 Å². The van der Waals surface area contributed by atoms with Gasteiger partial charge < -0.3 is 10.4 Å². The fourth-order valence-corrected chi connectivity index (χ4v) is 2.22. The highest BCUT2D eigenvalue weighted by Gasteiger charge is 2.13. The van der Waals surface area contributed by atoms with Crippen LogP contribution in [0.4, 0.5) is 5.69 Å². The molecule has 2 rings (SSSR count). The number of carbonyl (C=O) groups excluding carboxylic acids is 1. The number of phenols is 1. The third kappa shape index (κ3) is 3.32. The molecule has 0 saturated carbocycles. The van der Waals surface area contributed by atoms with E-state index in [2.05, 4.69) is 5.32 Å². The summed E-state index contributed by atoms with van der Waals surface area (Å²) in [6, 6.07) is 9.17. The lowest BCUT2D eigenvalue weighted by molar-refractivity contribution is 0.102. The highest BCUT2D eigenvalue weighted by atomic mass is 35.5. The minimum atomic E-state index is -0.502. The van der Waals surface area contributed by atoms with Crippen molar-refractivity contribution in [3.8, 4) is 5.75 Å². The van der Waals surface area contributed by atoms with Gasteiger partial charge in [-0.05, 0) is 30.3 Å². The predicted molar refractivity (Wildman–Crippen MR) is 77.5 cm³/mol. The number of benzene rings is 2. The van der Waals surface area contributed by atoms with E-state index in [0.29, 0.717) is 15.7 Å². The average Bonchev–Trinajstić information content (AvgIpc) is 2.31. The number of para-hydroxylation sites is 1. The molecule has 98 valence electrons. The summed E-state index contributed by atoms with van der Waals surface area (Å²) in [6.07, 6.45) is 0. The topological polar surface area (TPSA) is 49.3 Å². The van der Waals surface area contributed by atoms with Crippen molar-refractivity contribution in [1.82, 2.24) is 0 Å². The summed E-state index contributed by atoms with van der Waals surface area (Å²) in [6.45, 7) is 0. The van der Waals surface area contributed by atoms with E-state index in [0.717, 1.165) is 0 Å². The number of amides is 1. The zero-order chi connectivity index (χ0) is 14.0. The Balaban J connectivity index is 2.28. The summed E-state index contributed by atoms with van der Waals surface area (Å²) >= 11 is 17.4. The fraction of sp³-hybridized carbons (Fsp3) is 0. The summed E-state index contributed by atoms with van der Waals surface area (Å²) in [5.41, 5.74) is 0.505. The molecule has 0 unspecified atom stereocenters. The van der Waals surface area contributed by atoms with Gasteiger partial charge in [-0.15, -0.1) is 0 Å². The second-order valence-corrected chi connectivity index (χ2v) is 5.03. The van der Waals surface area contributed by atoms with Crippen LogP contribution in [0.1, 0.15) is 10.4 Å². The number of aromatic hydroxyl groups is 1. The van der Waals surface area contributed by atoms with Gasteiger partial charge in [0, 0.05) is 15.7 Å². The number of anilines is 1. The zero-order valence-corrected chi connectivity index (χ0v) is 11.7. The molecule has 0 atom stereocenters. The van der Waals surface area contributed by atoms with Crippen LogP contribution in [0.15, 0.2) is 36.4 Å². The van der Waals surface area contributed by atoms with Crippen molar-refractivity contribution in [1.29, 1.82) is 0 Å². The molecule has 2 aromatic rings. The highest BCUT2D eigenvalue weighted by Crippen LogP contribution is 2.28. The van der Waals surface area contributed by atoms with Crippen molar-refractivity contribution in [2.75, 3.05) is 5.32 Å². The molecule has 2 aromatic carbocycles. The Kier molecular flexibility index (Phi) is 4.20. The Hall–Kier alpha value is -1.42. The Morgan fingerprint density at radius 3 is 2.32 bits per heavy atom. The van der Waals surface area contributed by atoms with E-state index in [1.54, 1.807) is 24.3 Å². The lowest BCUT2D eigenvalue weighted by Gasteiger charge is -2.08. The molecule has 2 N–H and O–H groups in total. The molecule has 1 amide bonds. The zero-order valence-electron chi connectivity index (χ0n) is 9.45. The van der Waals surface area contributed by atoms with Gasteiger partial charge in [0.05, 0.1) is 10.6 Å². The van der Waals surface area contributed by atoms with E-state index in [1.165, 1.54) is 12.1 Å². The Morgan fingerprint density at radius 2 is 1.68 bits per heavy atom. The van der Waals surface area contributed by atoms with Gasteiger partial charge in [-0.2, -0.15) is 0 Å². The van der Waals surface area contributed by atoms with Gasteiger partial charge in [0.15, 0.2) is 0 Å². The average molecular weight is 317 g/mol. The van der Waals surface area contributed by atoms with Gasteiger partial charge in [0.1, 0.15) is 5.75 Å². The number of phenolic OH excluding ortho intramolecular Hbond substituents is 1. The molecule has 0 aromatic heterocycles. The van der Waals surface area contributed by atoms with Gasteiger partial charge >= 0.3 is 0 Å². The van der Waals surface area contributed by atoms with Crippen molar-refractivity contribution in [2.24, 2.45) is 0 Å². The van der Waals surface area contributed by atoms with Crippen LogP contribution in [-0.2, 0) is 0 Å². The second kappa shape index (κ2) is 5.70. The summed E-state index contributed by atoms with van der Waals surface area (Å²) in [4.78, 5) is 12.0. The Bertz CT molecular complexity index is 624. The van der Waals surface area contributed by atoms with Crippen LogP contribution >= 0.6 is 34.8 Å². The maximum absolute atomic E-state index is 12.0. The third-order valence-corrected chi connectivity index (χ3v) is 3.09. The SMILES string of the molecule is O=C(Nc1cc(Cl)cc(Cl)c1)c1cccc(Cl)c1O. The van der Waals surface area contributed by atoms with Crippen molar-refractivity contribution >= 4 is 46.4 Å². The van der Waals surface area contributed by atoms with Crippen molar-refractivity contribution in [3.63, 3.8) is 0 Å². The van der Waals surface area contributed by atoms with Gasteiger partial charge in [-0.1, -0.05) is 40.9 Å². The van der Waals surface area contributed by atoms with Gasteiger partial charge in [-0.25, -0.2) is 0 Å². The molecule has 0 spiro atoms.